The van der Waals surface area contributed by atoms with Crippen LogP contribution < -0.4 is 5.32 Å². The lowest BCUT2D eigenvalue weighted by Crippen LogP contribution is -2.22. The van der Waals surface area contributed by atoms with E-state index in [1.54, 1.807) is 28.7 Å². The molecule has 3 heterocycles. The largest absolute Gasteiger partial charge is 0.346 e. The summed E-state index contributed by atoms with van der Waals surface area (Å²) in [4.78, 5) is 14.4. The standard InChI is InChI=1S/C17H13N3OS2/c21-17(14-9-13(19-20-14)16-6-3-7-22-16)18-10-12-8-11-4-1-2-5-15(11)23-12/h1-9H,10H2,(H,18,21)(H,19,20). The molecule has 1 amide bonds. The van der Waals surface area contributed by atoms with Gasteiger partial charge in [-0.25, -0.2) is 0 Å². The van der Waals surface area contributed by atoms with Gasteiger partial charge in [0.2, 0.25) is 0 Å². The number of carbonyl (C=O) groups is 1. The number of nitrogens with one attached hydrogen (secondary N) is 2. The highest BCUT2D eigenvalue weighted by molar-refractivity contribution is 7.19. The van der Waals surface area contributed by atoms with E-state index in [0.29, 0.717) is 12.2 Å². The summed E-state index contributed by atoms with van der Waals surface area (Å²) in [5.74, 6) is -0.165. The topological polar surface area (TPSA) is 57.8 Å². The van der Waals surface area contributed by atoms with Crippen molar-refractivity contribution in [2.75, 3.05) is 0 Å². The zero-order valence-corrected chi connectivity index (χ0v) is 13.7. The van der Waals surface area contributed by atoms with Crippen LogP contribution in [0.1, 0.15) is 15.4 Å². The summed E-state index contributed by atoms with van der Waals surface area (Å²) in [6, 6.07) is 16.1. The number of aromatic amines is 1. The van der Waals surface area contributed by atoms with Crippen molar-refractivity contribution in [2.24, 2.45) is 0 Å². The van der Waals surface area contributed by atoms with E-state index >= 15 is 0 Å². The van der Waals surface area contributed by atoms with E-state index in [1.807, 2.05) is 29.6 Å². The summed E-state index contributed by atoms with van der Waals surface area (Å²) < 4.78 is 1.23. The van der Waals surface area contributed by atoms with Gasteiger partial charge in [0, 0.05) is 9.58 Å². The summed E-state index contributed by atoms with van der Waals surface area (Å²) in [6.45, 7) is 0.513. The van der Waals surface area contributed by atoms with E-state index in [4.69, 9.17) is 0 Å². The van der Waals surface area contributed by atoms with Crippen molar-refractivity contribution in [2.45, 2.75) is 6.54 Å². The molecule has 0 aliphatic heterocycles. The first-order valence-electron chi connectivity index (χ1n) is 7.14. The maximum atomic E-state index is 12.2. The molecule has 114 valence electrons. The number of hydrogen-bond donors (Lipinski definition) is 2. The average Bonchev–Trinajstić information content (AvgIpc) is 3.31. The zero-order valence-electron chi connectivity index (χ0n) is 12.1. The molecule has 0 aliphatic carbocycles. The lowest BCUT2D eigenvalue weighted by atomic mass is 10.2. The molecule has 0 saturated heterocycles. The first kappa shape index (κ1) is 14.2. The van der Waals surface area contributed by atoms with Gasteiger partial charge in [0.1, 0.15) is 0 Å². The molecule has 0 atom stereocenters. The Bertz CT molecular complexity index is 920. The lowest BCUT2D eigenvalue weighted by Gasteiger charge is -1.99. The second-order valence-electron chi connectivity index (χ2n) is 5.08. The van der Waals surface area contributed by atoms with Gasteiger partial charge in [-0.3, -0.25) is 9.89 Å². The molecule has 6 heteroatoms. The molecule has 0 bridgehead atoms. The molecule has 0 spiro atoms. The van der Waals surface area contributed by atoms with Crippen LogP contribution in [0.5, 0.6) is 0 Å². The number of fused-ring (bicyclic) bond motifs is 1. The second-order valence-corrected chi connectivity index (χ2v) is 7.19. The van der Waals surface area contributed by atoms with Gasteiger partial charge < -0.3 is 5.32 Å². The molecule has 3 aromatic heterocycles. The van der Waals surface area contributed by atoms with E-state index in [1.165, 1.54) is 10.1 Å². The fourth-order valence-electron chi connectivity index (χ4n) is 2.38. The summed E-state index contributed by atoms with van der Waals surface area (Å²) in [6.07, 6.45) is 0. The van der Waals surface area contributed by atoms with Crippen molar-refractivity contribution in [1.82, 2.24) is 15.5 Å². The van der Waals surface area contributed by atoms with Gasteiger partial charge in [0.05, 0.1) is 17.1 Å². The van der Waals surface area contributed by atoms with Crippen LogP contribution in [0.3, 0.4) is 0 Å². The van der Waals surface area contributed by atoms with Crippen molar-refractivity contribution in [3.05, 3.63) is 64.5 Å². The van der Waals surface area contributed by atoms with E-state index in [2.05, 4.69) is 33.7 Å². The summed E-state index contributed by atoms with van der Waals surface area (Å²) in [5.41, 5.74) is 1.28. The molecule has 0 aliphatic rings. The Labute approximate surface area is 140 Å². The minimum Gasteiger partial charge on any atom is -0.346 e. The van der Waals surface area contributed by atoms with Crippen molar-refractivity contribution >= 4 is 38.7 Å². The SMILES string of the molecule is O=C(NCc1cc2ccccc2s1)c1cc(-c2cccs2)[nH]n1. The van der Waals surface area contributed by atoms with Crippen LogP contribution in [0, 0.1) is 0 Å². The number of carbonyl (C=O) groups excluding carboxylic acids is 1. The quantitative estimate of drug-likeness (QED) is 0.583. The first-order valence-corrected chi connectivity index (χ1v) is 8.84. The third-order valence-electron chi connectivity index (χ3n) is 3.50. The predicted octanol–water partition coefficient (Wildman–Crippen LogP) is 4.28. The summed E-state index contributed by atoms with van der Waals surface area (Å²) in [5, 5.41) is 13.1. The molecule has 0 fully saturated rings. The Hall–Kier alpha value is -2.44. The number of nitrogens with zero attached hydrogens (tertiary/aromatic N) is 1. The lowest BCUT2D eigenvalue weighted by molar-refractivity contribution is 0.0946. The average molecular weight is 339 g/mol. The number of aromatic nitrogens is 2. The van der Waals surface area contributed by atoms with Crippen molar-refractivity contribution in [1.29, 1.82) is 0 Å². The molecule has 0 radical (unpaired) electrons. The molecule has 0 unspecified atom stereocenters. The smallest absolute Gasteiger partial charge is 0.272 e. The normalized spacial score (nSPS) is 11.0. The van der Waals surface area contributed by atoms with E-state index in [0.717, 1.165) is 15.4 Å². The third kappa shape index (κ3) is 2.91. The predicted molar refractivity (Wildman–Crippen MR) is 94.9 cm³/mol. The number of hydrogen-bond acceptors (Lipinski definition) is 4. The molecule has 23 heavy (non-hydrogen) atoms. The molecule has 1 aromatic carbocycles. The number of rotatable bonds is 4. The number of thiophene rings is 2. The van der Waals surface area contributed by atoms with Crippen LogP contribution in [0.15, 0.2) is 53.9 Å². The van der Waals surface area contributed by atoms with Gasteiger partial charge in [-0.05, 0) is 35.0 Å². The van der Waals surface area contributed by atoms with E-state index in [9.17, 15) is 4.79 Å². The summed E-state index contributed by atoms with van der Waals surface area (Å²) >= 11 is 3.31. The molecule has 4 nitrogen and oxygen atoms in total. The summed E-state index contributed by atoms with van der Waals surface area (Å²) in [7, 11) is 0. The Morgan fingerprint density at radius 1 is 1.17 bits per heavy atom. The molecule has 2 N–H and O–H groups in total. The third-order valence-corrected chi connectivity index (χ3v) is 5.52. The van der Waals surface area contributed by atoms with E-state index < -0.39 is 0 Å². The highest BCUT2D eigenvalue weighted by Crippen LogP contribution is 2.25. The molecule has 4 aromatic rings. The minimum absolute atomic E-state index is 0.165. The van der Waals surface area contributed by atoms with Crippen LogP contribution in [-0.4, -0.2) is 16.1 Å². The Morgan fingerprint density at radius 3 is 2.91 bits per heavy atom. The van der Waals surface area contributed by atoms with Crippen LogP contribution in [0.2, 0.25) is 0 Å². The van der Waals surface area contributed by atoms with Crippen molar-refractivity contribution in [3.63, 3.8) is 0 Å². The van der Waals surface area contributed by atoms with Crippen LogP contribution in [-0.2, 0) is 6.54 Å². The van der Waals surface area contributed by atoms with Crippen molar-refractivity contribution in [3.8, 4) is 10.6 Å². The molecule has 4 rings (SSSR count). The van der Waals surface area contributed by atoms with Gasteiger partial charge in [-0.1, -0.05) is 24.3 Å². The van der Waals surface area contributed by atoms with Gasteiger partial charge in [-0.2, -0.15) is 5.10 Å². The van der Waals surface area contributed by atoms with E-state index in [-0.39, 0.29) is 5.91 Å². The molecular weight excluding hydrogens is 326 g/mol. The Kier molecular flexibility index (Phi) is 3.69. The maximum Gasteiger partial charge on any atom is 0.272 e. The van der Waals surface area contributed by atoms with Crippen LogP contribution in [0.4, 0.5) is 0 Å². The fraction of sp³-hybridized carbons (Fsp3) is 0.0588. The highest BCUT2D eigenvalue weighted by atomic mass is 32.1. The molecule has 0 saturated carbocycles. The van der Waals surface area contributed by atoms with Gasteiger partial charge in [0.15, 0.2) is 5.69 Å². The minimum atomic E-state index is -0.165. The number of H-pyrrole nitrogens is 1. The van der Waals surface area contributed by atoms with Gasteiger partial charge in [0.25, 0.3) is 5.91 Å². The van der Waals surface area contributed by atoms with Crippen molar-refractivity contribution < 1.29 is 4.79 Å². The monoisotopic (exact) mass is 339 g/mol. The van der Waals surface area contributed by atoms with Crippen LogP contribution >= 0.6 is 22.7 Å². The van der Waals surface area contributed by atoms with Gasteiger partial charge in [-0.15, -0.1) is 22.7 Å². The Morgan fingerprint density at radius 2 is 2.09 bits per heavy atom. The highest BCUT2D eigenvalue weighted by Gasteiger charge is 2.12. The first-order chi connectivity index (χ1) is 11.3. The fourth-order valence-corrected chi connectivity index (χ4v) is 4.07. The molecular formula is C17H13N3OS2. The van der Waals surface area contributed by atoms with Crippen LogP contribution in [0.25, 0.3) is 20.7 Å². The number of benzene rings is 1. The second kappa shape index (κ2) is 5.98. The maximum absolute atomic E-state index is 12.2. The number of amides is 1. The zero-order chi connectivity index (χ0) is 15.6. The Balaban J connectivity index is 1.45. The van der Waals surface area contributed by atoms with Gasteiger partial charge >= 0.3 is 0 Å².